The highest BCUT2D eigenvalue weighted by atomic mass is 16.2. The van der Waals surface area contributed by atoms with Crippen molar-refractivity contribution in [2.75, 3.05) is 24.6 Å². The molecule has 3 aromatic rings. The molecule has 1 aliphatic heterocycles. The van der Waals surface area contributed by atoms with Crippen molar-refractivity contribution in [2.24, 2.45) is 0 Å². The number of nitrogens with zero attached hydrogens (tertiary/aromatic N) is 2. The lowest BCUT2D eigenvalue weighted by Crippen LogP contribution is -2.32. The molecular weight excluding hydrogens is 296 g/mol. The van der Waals surface area contributed by atoms with Gasteiger partial charge in [0.25, 0.3) is 5.82 Å². The minimum atomic E-state index is 0.318. The van der Waals surface area contributed by atoms with Gasteiger partial charge in [0.1, 0.15) is 18.6 Å². The van der Waals surface area contributed by atoms with Gasteiger partial charge in [0.15, 0.2) is 0 Å². The smallest absolute Gasteiger partial charge is 0.285 e. The molecule has 0 spiro atoms. The Kier molecular flexibility index (Phi) is 4.35. The minimum Gasteiger partial charge on any atom is -0.396 e. The van der Waals surface area contributed by atoms with E-state index in [1.165, 1.54) is 40.3 Å². The van der Waals surface area contributed by atoms with Gasteiger partial charge in [-0.05, 0) is 31.4 Å². The van der Waals surface area contributed by atoms with E-state index in [4.69, 9.17) is 5.11 Å². The number of pyridine rings is 1. The Hall–Kier alpha value is -2.13. The van der Waals surface area contributed by atoms with E-state index in [-0.39, 0.29) is 0 Å². The zero-order valence-electron chi connectivity index (χ0n) is 14.1. The third-order valence-electron chi connectivity index (χ3n) is 5.14. The number of hydrogen-bond donors (Lipinski definition) is 1. The second kappa shape index (κ2) is 6.78. The van der Waals surface area contributed by atoms with Crippen molar-refractivity contribution in [1.82, 2.24) is 0 Å². The maximum atomic E-state index is 8.91. The number of para-hydroxylation sites is 1. The molecule has 0 fully saturated rings. The summed E-state index contributed by atoms with van der Waals surface area (Å²) in [5, 5.41) is 13.0. The van der Waals surface area contributed by atoms with Crippen molar-refractivity contribution < 1.29 is 9.67 Å². The Labute approximate surface area is 143 Å². The molecule has 0 atom stereocenters. The van der Waals surface area contributed by atoms with Crippen LogP contribution in [0.2, 0.25) is 0 Å². The number of aliphatic hydroxyl groups excluding tert-OH is 1. The zero-order valence-corrected chi connectivity index (χ0v) is 14.1. The van der Waals surface area contributed by atoms with Crippen LogP contribution in [0.15, 0.2) is 48.5 Å². The fourth-order valence-corrected chi connectivity index (χ4v) is 3.99. The Bertz CT molecular complexity index is 859. The molecule has 1 aromatic heterocycles. The molecule has 2 heterocycles. The topological polar surface area (TPSA) is 27.3 Å². The van der Waals surface area contributed by atoms with Gasteiger partial charge in [-0.15, -0.1) is 0 Å². The predicted octanol–water partition coefficient (Wildman–Crippen LogP) is 3.65. The number of anilines is 1. The fraction of sp³-hybridized carbons (Fsp3) is 0.381. The summed E-state index contributed by atoms with van der Waals surface area (Å²) in [6.07, 6.45) is 4.45. The first-order valence-electron chi connectivity index (χ1n) is 9.09. The second-order valence-electron chi connectivity index (χ2n) is 6.66. The van der Waals surface area contributed by atoms with Crippen LogP contribution in [0.4, 0.5) is 5.82 Å². The van der Waals surface area contributed by atoms with Crippen LogP contribution in [0.25, 0.3) is 21.7 Å². The van der Waals surface area contributed by atoms with E-state index < -0.39 is 0 Å². The van der Waals surface area contributed by atoms with Gasteiger partial charge in [-0.2, -0.15) is 0 Å². The summed E-state index contributed by atoms with van der Waals surface area (Å²) in [5.74, 6) is 1.38. The van der Waals surface area contributed by atoms with Gasteiger partial charge < -0.3 is 5.11 Å². The van der Waals surface area contributed by atoms with Gasteiger partial charge in [-0.25, -0.2) is 4.57 Å². The lowest BCUT2D eigenvalue weighted by molar-refractivity contribution is -0.643. The first-order valence-corrected chi connectivity index (χ1v) is 9.09. The van der Waals surface area contributed by atoms with Crippen LogP contribution in [-0.4, -0.2) is 24.8 Å². The summed E-state index contributed by atoms with van der Waals surface area (Å²) in [7, 11) is 0. The lowest BCUT2D eigenvalue weighted by atomic mass is 10.1. The summed E-state index contributed by atoms with van der Waals surface area (Å²) < 4.78 is 2.49. The molecule has 124 valence electrons. The van der Waals surface area contributed by atoms with Gasteiger partial charge in [-0.1, -0.05) is 42.8 Å². The molecule has 24 heavy (non-hydrogen) atoms. The van der Waals surface area contributed by atoms with E-state index in [2.05, 4.69) is 58.0 Å². The average molecular weight is 321 g/mol. The first-order chi connectivity index (χ1) is 11.9. The number of aliphatic hydroxyl groups is 1. The number of benzene rings is 2. The molecule has 3 heteroatoms. The molecule has 0 saturated carbocycles. The summed E-state index contributed by atoms with van der Waals surface area (Å²) in [6.45, 7) is 3.59. The molecule has 0 saturated heterocycles. The lowest BCUT2D eigenvalue weighted by Gasteiger charge is -2.14. The van der Waals surface area contributed by atoms with Crippen molar-refractivity contribution in [3.63, 3.8) is 0 Å². The average Bonchev–Trinajstić information content (AvgIpc) is 3.06. The van der Waals surface area contributed by atoms with Crippen LogP contribution in [-0.2, 0) is 6.54 Å². The van der Waals surface area contributed by atoms with E-state index in [1.807, 2.05) is 0 Å². The quantitative estimate of drug-likeness (QED) is 0.426. The molecule has 3 nitrogen and oxygen atoms in total. The monoisotopic (exact) mass is 321 g/mol. The van der Waals surface area contributed by atoms with Crippen LogP contribution in [0.5, 0.6) is 0 Å². The molecule has 0 radical (unpaired) electrons. The van der Waals surface area contributed by atoms with Crippen molar-refractivity contribution in [2.45, 2.75) is 32.2 Å². The zero-order chi connectivity index (χ0) is 16.4. The van der Waals surface area contributed by atoms with E-state index >= 15 is 0 Å². The number of hydrogen-bond acceptors (Lipinski definition) is 2. The number of aromatic nitrogens is 1. The molecule has 4 rings (SSSR count). The van der Waals surface area contributed by atoms with Crippen LogP contribution in [0.1, 0.15) is 25.7 Å². The molecule has 0 amide bonds. The number of rotatable bonds is 6. The standard InChI is InChI=1S/C21H25N2O/c24-16-8-2-1-7-13-22-14-15-23-20-12-6-5-10-18(20)17-9-3-4-11-19(17)21(22)23/h3-6,9-12,24H,1-2,7-8,13-16H2/q+1. The maximum absolute atomic E-state index is 8.91. The summed E-state index contributed by atoms with van der Waals surface area (Å²) in [4.78, 5) is 2.55. The highest BCUT2D eigenvalue weighted by molar-refractivity contribution is 6.08. The van der Waals surface area contributed by atoms with E-state index in [0.29, 0.717) is 6.61 Å². The Morgan fingerprint density at radius 3 is 2.38 bits per heavy atom. The van der Waals surface area contributed by atoms with E-state index in [0.717, 1.165) is 32.5 Å². The van der Waals surface area contributed by atoms with E-state index in [9.17, 15) is 0 Å². The van der Waals surface area contributed by atoms with Gasteiger partial charge in [0.2, 0.25) is 0 Å². The highest BCUT2D eigenvalue weighted by Gasteiger charge is 2.31. The number of fused-ring (bicyclic) bond motifs is 6. The Morgan fingerprint density at radius 1 is 0.833 bits per heavy atom. The molecule has 0 aliphatic carbocycles. The second-order valence-corrected chi connectivity index (χ2v) is 6.66. The van der Waals surface area contributed by atoms with Gasteiger partial charge in [-0.3, -0.25) is 4.90 Å². The Morgan fingerprint density at radius 2 is 1.54 bits per heavy atom. The van der Waals surface area contributed by atoms with Gasteiger partial charge in [0.05, 0.1) is 11.9 Å². The van der Waals surface area contributed by atoms with Crippen molar-refractivity contribution >= 4 is 27.5 Å². The van der Waals surface area contributed by atoms with Crippen molar-refractivity contribution in [3.8, 4) is 0 Å². The first kappa shape index (κ1) is 15.4. The highest BCUT2D eigenvalue weighted by Crippen LogP contribution is 2.32. The van der Waals surface area contributed by atoms with E-state index in [1.54, 1.807) is 0 Å². The van der Waals surface area contributed by atoms with Crippen LogP contribution in [0, 0.1) is 0 Å². The molecular formula is C21H25N2O+. The molecule has 2 aromatic carbocycles. The SMILES string of the molecule is OCCCCCCN1CC[n+]2c1c1ccccc1c1ccccc12. The largest absolute Gasteiger partial charge is 0.396 e. The predicted molar refractivity (Wildman–Crippen MR) is 99.4 cm³/mol. The summed E-state index contributed by atoms with van der Waals surface area (Å²) in [6, 6.07) is 17.6. The normalized spacial score (nSPS) is 13.8. The minimum absolute atomic E-state index is 0.318. The van der Waals surface area contributed by atoms with Gasteiger partial charge in [0, 0.05) is 17.4 Å². The molecule has 1 aliphatic rings. The fourth-order valence-electron chi connectivity index (χ4n) is 3.99. The van der Waals surface area contributed by atoms with Crippen LogP contribution >= 0.6 is 0 Å². The third-order valence-corrected chi connectivity index (χ3v) is 5.14. The van der Waals surface area contributed by atoms with Crippen molar-refractivity contribution in [3.05, 3.63) is 48.5 Å². The third kappa shape index (κ3) is 2.63. The maximum Gasteiger partial charge on any atom is 0.285 e. The van der Waals surface area contributed by atoms with Gasteiger partial charge >= 0.3 is 0 Å². The summed E-state index contributed by atoms with van der Waals surface area (Å²) in [5.41, 5.74) is 1.34. The molecule has 0 bridgehead atoms. The van der Waals surface area contributed by atoms with Crippen LogP contribution < -0.4 is 9.47 Å². The Balaban J connectivity index is 1.72. The van der Waals surface area contributed by atoms with Crippen molar-refractivity contribution in [1.29, 1.82) is 0 Å². The van der Waals surface area contributed by atoms with Crippen LogP contribution in [0.3, 0.4) is 0 Å². The summed E-state index contributed by atoms with van der Waals surface area (Å²) >= 11 is 0. The molecule has 1 N–H and O–H groups in total. The number of unbranched alkanes of at least 4 members (excludes halogenated alkanes) is 3. The molecule has 0 unspecified atom stereocenters.